The minimum absolute atomic E-state index is 0.242. The second kappa shape index (κ2) is 7.56. The molecule has 0 atom stereocenters. The van der Waals surface area contributed by atoms with Crippen LogP contribution in [0.1, 0.15) is 23.0 Å². The summed E-state index contributed by atoms with van der Waals surface area (Å²) in [7, 11) is 1.62. The van der Waals surface area contributed by atoms with Gasteiger partial charge in [0.15, 0.2) is 11.3 Å². The number of carbonyl (C=O) groups excluding carboxylic acids is 1. The average molecular weight is 376 g/mol. The number of nitrogens with zero attached hydrogens (tertiary/aromatic N) is 3. The quantitative estimate of drug-likeness (QED) is 0.517. The van der Waals surface area contributed by atoms with Crippen molar-refractivity contribution in [2.45, 2.75) is 13.5 Å². The van der Waals surface area contributed by atoms with Gasteiger partial charge in [-0.15, -0.1) is 0 Å². The molecule has 0 aliphatic heterocycles. The number of nitrogens with one attached hydrogen (secondary N) is 1. The smallest absolute Gasteiger partial charge is 0.357 e. The highest BCUT2D eigenvalue weighted by Crippen LogP contribution is 2.29. The van der Waals surface area contributed by atoms with Crippen molar-refractivity contribution in [3.05, 3.63) is 66.0 Å². The van der Waals surface area contributed by atoms with Gasteiger partial charge in [-0.1, -0.05) is 30.3 Å². The van der Waals surface area contributed by atoms with E-state index in [4.69, 9.17) is 9.47 Å². The Bertz CT molecular complexity index is 1140. The first-order valence-corrected chi connectivity index (χ1v) is 9.01. The Kier molecular flexibility index (Phi) is 4.80. The molecule has 3 aromatic heterocycles. The van der Waals surface area contributed by atoms with E-state index < -0.39 is 5.97 Å². The number of carbonyl (C=O) groups is 1. The highest BCUT2D eigenvalue weighted by molar-refractivity contribution is 5.94. The van der Waals surface area contributed by atoms with Crippen molar-refractivity contribution in [2.24, 2.45) is 0 Å². The molecule has 4 rings (SSSR count). The fourth-order valence-electron chi connectivity index (χ4n) is 3.14. The van der Waals surface area contributed by atoms with Crippen LogP contribution in [0.5, 0.6) is 5.75 Å². The molecule has 7 nitrogen and oxygen atoms in total. The van der Waals surface area contributed by atoms with Gasteiger partial charge in [-0.05, 0) is 30.7 Å². The molecule has 0 aliphatic carbocycles. The van der Waals surface area contributed by atoms with E-state index in [2.05, 4.69) is 15.3 Å². The number of methoxy groups -OCH3 is 1. The summed E-state index contributed by atoms with van der Waals surface area (Å²) in [5.41, 5.74) is 2.82. The number of fused-ring (bicyclic) bond motifs is 3. The number of esters is 1. The molecule has 0 bridgehead atoms. The second-order valence-corrected chi connectivity index (χ2v) is 6.18. The van der Waals surface area contributed by atoms with Gasteiger partial charge in [-0.2, -0.15) is 0 Å². The fraction of sp³-hybridized carbons (Fsp3) is 0.190. The lowest BCUT2D eigenvalue weighted by Crippen LogP contribution is -2.13. The molecule has 0 radical (unpaired) electrons. The number of anilines is 1. The van der Waals surface area contributed by atoms with Crippen molar-refractivity contribution >= 4 is 28.5 Å². The zero-order valence-corrected chi connectivity index (χ0v) is 15.7. The standard InChI is InChI=1S/C21H20N4O3/c1-3-28-20(26)17-12-15-11-16-18(27-2)9-10-22-19(16)25(15)21(24-17)23-13-14-7-5-4-6-8-14/h4-12H,3,13H2,1-2H3,(H,23,24). The molecule has 1 aromatic carbocycles. The van der Waals surface area contributed by atoms with Crippen LogP contribution in [0.25, 0.3) is 16.6 Å². The van der Waals surface area contributed by atoms with Crippen LogP contribution in [0.3, 0.4) is 0 Å². The maximum Gasteiger partial charge on any atom is 0.357 e. The highest BCUT2D eigenvalue weighted by atomic mass is 16.5. The van der Waals surface area contributed by atoms with Gasteiger partial charge in [0.25, 0.3) is 0 Å². The summed E-state index contributed by atoms with van der Waals surface area (Å²) in [6, 6.07) is 15.4. The lowest BCUT2D eigenvalue weighted by atomic mass is 10.2. The van der Waals surface area contributed by atoms with Gasteiger partial charge in [0.2, 0.25) is 5.95 Å². The molecule has 0 saturated carbocycles. The summed E-state index contributed by atoms with van der Waals surface area (Å²) < 4.78 is 12.5. The first-order chi connectivity index (χ1) is 13.7. The first kappa shape index (κ1) is 17.8. The summed E-state index contributed by atoms with van der Waals surface area (Å²) in [4.78, 5) is 21.3. The van der Waals surface area contributed by atoms with E-state index in [0.717, 1.165) is 16.5 Å². The van der Waals surface area contributed by atoms with E-state index in [1.54, 1.807) is 32.4 Å². The predicted molar refractivity (Wildman–Crippen MR) is 107 cm³/mol. The maximum absolute atomic E-state index is 12.3. The van der Waals surface area contributed by atoms with Gasteiger partial charge in [-0.3, -0.25) is 4.40 Å². The molecule has 0 saturated heterocycles. The maximum atomic E-state index is 12.3. The molecule has 7 heteroatoms. The number of aromatic nitrogens is 3. The molecule has 4 aromatic rings. The number of rotatable bonds is 6. The van der Waals surface area contributed by atoms with Gasteiger partial charge < -0.3 is 14.8 Å². The Morgan fingerprint density at radius 2 is 2.00 bits per heavy atom. The number of benzene rings is 1. The van der Waals surface area contributed by atoms with Crippen LogP contribution in [-0.2, 0) is 11.3 Å². The van der Waals surface area contributed by atoms with Crippen molar-refractivity contribution in [3.8, 4) is 5.75 Å². The summed E-state index contributed by atoms with van der Waals surface area (Å²) in [5, 5.41) is 4.16. The topological polar surface area (TPSA) is 77.8 Å². The monoisotopic (exact) mass is 376 g/mol. The van der Waals surface area contributed by atoms with Crippen molar-refractivity contribution in [1.82, 2.24) is 14.4 Å². The van der Waals surface area contributed by atoms with Crippen LogP contribution in [0.15, 0.2) is 54.7 Å². The van der Waals surface area contributed by atoms with Crippen LogP contribution in [0.4, 0.5) is 5.95 Å². The number of pyridine rings is 1. The van der Waals surface area contributed by atoms with Crippen LogP contribution < -0.4 is 10.1 Å². The summed E-state index contributed by atoms with van der Waals surface area (Å²) in [6.07, 6.45) is 1.69. The fourth-order valence-corrected chi connectivity index (χ4v) is 3.14. The minimum atomic E-state index is -0.460. The third kappa shape index (κ3) is 3.22. The van der Waals surface area contributed by atoms with Crippen LogP contribution in [-0.4, -0.2) is 34.1 Å². The molecular weight excluding hydrogens is 356 g/mol. The first-order valence-electron chi connectivity index (χ1n) is 9.01. The van der Waals surface area contributed by atoms with Crippen molar-refractivity contribution in [2.75, 3.05) is 19.0 Å². The number of hydrogen-bond donors (Lipinski definition) is 1. The van der Waals surface area contributed by atoms with E-state index in [1.807, 2.05) is 40.8 Å². The predicted octanol–water partition coefficient (Wildman–Crippen LogP) is 3.68. The van der Waals surface area contributed by atoms with Crippen molar-refractivity contribution < 1.29 is 14.3 Å². The molecule has 1 N–H and O–H groups in total. The Morgan fingerprint density at radius 3 is 2.75 bits per heavy atom. The third-order valence-corrected chi connectivity index (χ3v) is 4.41. The Balaban J connectivity index is 1.86. The molecule has 0 unspecified atom stereocenters. The number of ether oxygens (including phenoxy) is 2. The van der Waals surface area contributed by atoms with E-state index in [9.17, 15) is 4.79 Å². The molecule has 0 fully saturated rings. The van der Waals surface area contributed by atoms with Gasteiger partial charge in [-0.25, -0.2) is 14.8 Å². The number of hydrogen-bond acceptors (Lipinski definition) is 6. The SMILES string of the molecule is CCOC(=O)c1cc2cc3c(OC)ccnc3n2c(NCc2ccccc2)n1. The highest BCUT2D eigenvalue weighted by Gasteiger charge is 2.17. The molecular formula is C21H20N4O3. The van der Waals surface area contributed by atoms with Crippen molar-refractivity contribution in [1.29, 1.82) is 0 Å². The Morgan fingerprint density at radius 1 is 1.18 bits per heavy atom. The van der Waals surface area contributed by atoms with Crippen LogP contribution in [0, 0.1) is 0 Å². The Labute approximate surface area is 161 Å². The summed E-state index contributed by atoms with van der Waals surface area (Å²) in [6.45, 7) is 2.61. The van der Waals surface area contributed by atoms with E-state index in [-0.39, 0.29) is 12.3 Å². The zero-order chi connectivity index (χ0) is 19.5. The molecule has 0 spiro atoms. The largest absolute Gasteiger partial charge is 0.496 e. The molecule has 3 heterocycles. The van der Waals surface area contributed by atoms with Gasteiger partial charge in [0, 0.05) is 12.7 Å². The summed E-state index contributed by atoms with van der Waals surface area (Å²) in [5.74, 6) is 0.762. The van der Waals surface area contributed by atoms with E-state index in [1.165, 1.54) is 0 Å². The lowest BCUT2D eigenvalue weighted by molar-refractivity contribution is 0.0519. The Hall–Kier alpha value is -3.61. The van der Waals surface area contributed by atoms with Crippen LogP contribution >= 0.6 is 0 Å². The molecule has 0 amide bonds. The molecule has 28 heavy (non-hydrogen) atoms. The third-order valence-electron chi connectivity index (χ3n) is 4.41. The van der Waals surface area contributed by atoms with Crippen LogP contribution in [0.2, 0.25) is 0 Å². The van der Waals surface area contributed by atoms with Crippen molar-refractivity contribution in [3.63, 3.8) is 0 Å². The molecule has 142 valence electrons. The van der Waals surface area contributed by atoms with Gasteiger partial charge in [0.1, 0.15) is 5.75 Å². The van der Waals surface area contributed by atoms with Gasteiger partial charge in [0.05, 0.1) is 24.6 Å². The molecule has 0 aliphatic rings. The average Bonchev–Trinajstić information content (AvgIpc) is 3.11. The second-order valence-electron chi connectivity index (χ2n) is 6.18. The minimum Gasteiger partial charge on any atom is -0.496 e. The normalized spacial score (nSPS) is 10.9. The van der Waals surface area contributed by atoms with Gasteiger partial charge >= 0.3 is 5.97 Å². The zero-order valence-electron chi connectivity index (χ0n) is 15.7. The summed E-state index contributed by atoms with van der Waals surface area (Å²) >= 11 is 0. The lowest BCUT2D eigenvalue weighted by Gasteiger charge is -2.11. The van der Waals surface area contributed by atoms with E-state index in [0.29, 0.717) is 23.9 Å². The van der Waals surface area contributed by atoms with E-state index >= 15 is 0 Å².